The average Bonchev–Trinajstić information content (AvgIpc) is 4.02. The number of benzene rings is 3. The molecule has 0 spiro atoms. The number of nitrogens with two attached hydrogens (primary N) is 1. The minimum Gasteiger partial charge on any atom is -0.493 e. The molecule has 2 aliphatic heterocycles. The summed E-state index contributed by atoms with van der Waals surface area (Å²) in [5.74, 6) is -1.17. The van der Waals surface area contributed by atoms with Gasteiger partial charge in [0.05, 0.1) is 38.5 Å². The van der Waals surface area contributed by atoms with Crippen molar-refractivity contribution in [2.24, 2.45) is 5.92 Å². The van der Waals surface area contributed by atoms with Gasteiger partial charge in [-0.05, 0) is 74.4 Å². The van der Waals surface area contributed by atoms with Gasteiger partial charge in [-0.25, -0.2) is 42.1 Å². The monoisotopic (exact) mass is 860 g/mol. The maximum atomic E-state index is 15.0. The van der Waals surface area contributed by atoms with Crippen LogP contribution in [0, 0.1) is 17.6 Å². The summed E-state index contributed by atoms with van der Waals surface area (Å²) in [7, 11) is 1.71. The Morgan fingerprint density at radius 3 is 2.21 bits per heavy atom. The van der Waals surface area contributed by atoms with Gasteiger partial charge in [-0.3, -0.25) is 0 Å². The van der Waals surface area contributed by atoms with Crippen molar-refractivity contribution >= 4 is 23.5 Å². The first-order valence-corrected chi connectivity index (χ1v) is 20.7. The molecule has 3 aromatic carbocycles. The Kier molecular flexibility index (Phi) is 13.8. The van der Waals surface area contributed by atoms with Crippen LogP contribution in [0.1, 0.15) is 45.2 Å². The third-order valence-electron chi connectivity index (χ3n) is 11.2. The van der Waals surface area contributed by atoms with Crippen LogP contribution < -0.4 is 25.5 Å². The number of piperazine rings is 1. The lowest BCUT2D eigenvalue weighted by Gasteiger charge is -2.37. The van der Waals surface area contributed by atoms with E-state index in [1.165, 1.54) is 41.0 Å². The van der Waals surface area contributed by atoms with Crippen LogP contribution in [-0.2, 0) is 35.9 Å². The molecule has 5 atom stereocenters. The molecule has 2 aromatic heterocycles. The van der Waals surface area contributed by atoms with Gasteiger partial charge in [-0.15, -0.1) is 0 Å². The quantitative estimate of drug-likeness (QED) is 0.106. The van der Waals surface area contributed by atoms with Crippen molar-refractivity contribution in [2.45, 2.75) is 64.2 Å². The van der Waals surface area contributed by atoms with E-state index in [1.54, 1.807) is 30.3 Å². The number of aromatic nitrogens is 6. The van der Waals surface area contributed by atoms with E-state index in [4.69, 9.17) is 23.7 Å². The summed E-state index contributed by atoms with van der Waals surface area (Å²) in [6, 6.07) is 18.7. The second kappa shape index (κ2) is 19.6. The van der Waals surface area contributed by atoms with Gasteiger partial charge in [0.2, 0.25) is 6.29 Å². The molecule has 0 radical (unpaired) electrons. The number of hydrogen-bond acceptors (Lipinski definition) is 13. The average molecular weight is 861 g/mol. The first kappa shape index (κ1) is 43.7. The summed E-state index contributed by atoms with van der Waals surface area (Å²) in [5, 5.41) is 10.1. The summed E-state index contributed by atoms with van der Waals surface area (Å²) in [6.45, 7) is 9.13. The van der Waals surface area contributed by atoms with E-state index >= 15 is 4.39 Å². The SMILES string of the molecule is CC[C@@H]([C@H](C)OC(=O)OC(C)OC(=O)C[NH2+]C)n1ncn(-c2ccc(N3CCN(c4ccc(OC[C@@H]5CO[C@@](Cn6cncn6)(c6ccc(F)cc6F)C5)cc4)CC3)cc2)c1=O. The van der Waals surface area contributed by atoms with Gasteiger partial charge in [0.1, 0.15) is 48.1 Å². The number of esters is 1. The fourth-order valence-corrected chi connectivity index (χ4v) is 8.04. The van der Waals surface area contributed by atoms with Crippen LogP contribution in [-0.4, -0.2) is 107 Å². The van der Waals surface area contributed by atoms with Crippen LogP contribution in [0.2, 0.25) is 0 Å². The fourth-order valence-electron chi connectivity index (χ4n) is 8.04. The van der Waals surface area contributed by atoms with Gasteiger partial charge in [0, 0.05) is 62.0 Å². The van der Waals surface area contributed by atoms with Crippen LogP contribution in [0.25, 0.3) is 5.69 Å². The maximum absolute atomic E-state index is 15.0. The van der Waals surface area contributed by atoms with Gasteiger partial charge in [0.25, 0.3) is 0 Å². The zero-order valence-electron chi connectivity index (χ0n) is 35.1. The molecule has 2 N–H and O–H groups in total. The van der Waals surface area contributed by atoms with Crippen molar-refractivity contribution in [3.63, 3.8) is 0 Å². The number of rotatable bonds is 17. The molecule has 5 aromatic rings. The highest BCUT2D eigenvalue weighted by molar-refractivity contribution is 5.70. The smallest absolute Gasteiger partial charge is 0.493 e. The largest absolute Gasteiger partial charge is 0.511 e. The van der Waals surface area contributed by atoms with Crippen LogP contribution in [0.5, 0.6) is 5.75 Å². The van der Waals surface area contributed by atoms with E-state index in [0.717, 1.165) is 43.6 Å². The Morgan fingerprint density at radius 1 is 0.903 bits per heavy atom. The zero-order valence-corrected chi connectivity index (χ0v) is 35.1. The lowest BCUT2D eigenvalue weighted by Crippen LogP contribution is -2.81. The number of ether oxygens (including phenoxy) is 5. The summed E-state index contributed by atoms with van der Waals surface area (Å²) in [5.41, 5.74) is 1.60. The van der Waals surface area contributed by atoms with Crippen molar-refractivity contribution in [3.05, 3.63) is 113 Å². The molecule has 62 heavy (non-hydrogen) atoms. The second-order valence-electron chi connectivity index (χ2n) is 15.5. The van der Waals surface area contributed by atoms with Gasteiger partial charge in [-0.1, -0.05) is 13.0 Å². The summed E-state index contributed by atoms with van der Waals surface area (Å²) in [4.78, 5) is 46.2. The van der Waals surface area contributed by atoms with E-state index in [9.17, 15) is 18.8 Å². The van der Waals surface area contributed by atoms with E-state index in [0.29, 0.717) is 37.5 Å². The molecule has 0 amide bonds. The van der Waals surface area contributed by atoms with Gasteiger partial charge < -0.3 is 38.8 Å². The molecule has 0 saturated carbocycles. The van der Waals surface area contributed by atoms with Crippen molar-refractivity contribution in [2.75, 3.05) is 62.8 Å². The maximum Gasteiger partial charge on any atom is 0.511 e. The molecule has 7 rings (SSSR count). The van der Waals surface area contributed by atoms with E-state index in [1.807, 2.05) is 55.5 Å². The number of hydrogen-bond donors (Lipinski definition) is 1. The van der Waals surface area contributed by atoms with Crippen molar-refractivity contribution in [1.82, 2.24) is 29.1 Å². The van der Waals surface area contributed by atoms with Crippen molar-refractivity contribution in [3.8, 4) is 11.4 Å². The topological polar surface area (TPSA) is 174 Å². The highest BCUT2D eigenvalue weighted by Crippen LogP contribution is 2.42. The molecule has 0 aliphatic carbocycles. The summed E-state index contributed by atoms with van der Waals surface area (Å²) in [6.07, 6.45) is 2.38. The third kappa shape index (κ3) is 10.2. The lowest BCUT2D eigenvalue weighted by atomic mass is 9.87. The molecule has 2 fully saturated rings. The molecular formula is C43H52F2N9O8+. The van der Waals surface area contributed by atoms with Crippen LogP contribution in [0.3, 0.4) is 0 Å². The highest BCUT2D eigenvalue weighted by Gasteiger charge is 2.45. The highest BCUT2D eigenvalue weighted by atomic mass is 19.1. The van der Waals surface area contributed by atoms with E-state index in [-0.39, 0.29) is 30.3 Å². The Morgan fingerprint density at radius 2 is 1.58 bits per heavy atom. The van der Waals surface area contributed by atoms with Crippen molar-refractivity contribution in [1.29, 1.82) is 0 Å². The molecule has 19 heteroatoms. The molecule has 0 bridgehead atoms. The first-order valence-electron chi connectivity index (χ1n) is 20.7. The number of quaternary nitrogens is 1. The van der Waals surface area contributed by atoms with Crippen LogP contribution in [0.4, 0.5) is 25.0 Å². The Hall–Kier alpha value is -6.34. The Bertz CT molecular complexity index is 2320. The molecule has 4 heterocycles. The van der Waals surface area contributed by atoms with Crippen LogP contribution >= 0.6 is 0 Å². The molecule has 17 nitrogen and oxygen atoms in total. The Labute approximate surface area is 357 Å². The standard InChI is InChI=1S/C43H51F2N9O8/c1-5-39(29(2)60-42(57)62-30(3)61-40(55)22-46-4)54-41(56)53(28-49-54)35-9-7-33(8-10-35)50-16-18-51(19-17-50)34-11-13-36(14-12-34)58-23-31-21-43(59-24-31,25-52-27-47-26-48-52)37-15-6-32(44)20-38(37)45/h6-15,20,26-31,39,46H,5,16-19,21-25H2,1-4H3/p+1/t29-,30?,31+,39-,43-/m0/s1. The summed E-state index contributed by atoms with van der Waals surface area (Å²) >= 11 is 0. The second-order valence-corrected chi connectivity index (χ2v) is 15.5. The number of carbonyl (C=O) groups is 2. The minimum atomic E-state index is -1.13. The van der Waals surface area contributed by atoms with Crippen molar-refractivity contribution < 1.29 is 47.4 Å². The third-order valence-corrected chi connectivity index (χ3v) is 11.2. The first-order chi connectivity index (χ1) is 29.9. The van der Waals surface area contributed by atoms with Gasteiger partial charge in [0.15, 0.2) is 6.54 Å². The number of likely N-dealkylation sites (N-methyl/N-ethyl adjacent to an activating group) is 1. The summed E-state index contributed by atoms with van der Waals surface area (Å²) < 4.78 is 61.1. The normalized spacial score (nSPS) is 19.2. The minimum absolute atomic E-state index is 0.0366. The fraction of sp³-hybridized carbons (Fsp3) is 0.442. The molecule has 330 valence electrons. The Balaban J connectivity index is 0.889. The van der Waals surface area contributed by atoms with Gasteiger partial charge in [-0.2, -0.15) is 10.2 Å². The predicted octanol–water partition coefficient (Wildman–Crippen LogP) is 3.82. The van der Waals surface area contributed by atoms with E-state index < -0.39 is 47.8 Å². The number of nitrogens with zero attached hydrogens (tertiary/aromatic N) is 8. The predicted molar refractivity (Wildman–Crippen MR) is 221 cm³/mol. The van der Waals surface area contributed by atoms with E-state index in [2.05, 4.69) is 25.0 Å². The van der Waals surface area contributed by atoms with Crippen LogP contribution in [0.15, 0.2) is 90.5 Å². The van der Waals surface area contributed by atoms with Gasteiger partial charge >= 0.3 is 17.8 Å². The number of anilines is 2. The molecule has 2 saturated heterocycles. The number of carbonyl (C=O) groups excluding carboxylic acids is 2. The molecule has 2 aliphatic rings. The molecule has 1 unspecified atom stereocenters. The number of halogens is 2. The molecular weight excluding hydrogens is 809 g/mol. The lowest BCUT2D eigenvalue weighted by molar-refractivity contribution is -0.617. The zero-order chi connectivity index (χ0) is 43.8.